The lowest BCUT2D eigenvalue weighted by Crippen LogP contribution is -2.37. The third kappa shape index (κ3) is 3.18. The summed E-state index contributed by atoms with van der Waals surface area (Å²) in [4.78, 5) is 28.1. The van der Waals surface area contributed by atoms with Crippen molar-refractivity contribution in [2.24, 2.45) is 0 Å². The smallest absolute Gasteiger partial charge is 0.410 e. The number of carbonyl (C=O) groups is 2. The number of likely N-dealkylation sites (tertiary alicyclic amines) is 1. The van der Waals surface area contributed by atoms with Crippen molar-refractivity contribution in [3.8, 4) is 5.75 Å². The Bertz CT molecular complexity index is 633. The molecule has 3 rings (SSSR count). The van der Waals surface area contributed by atoms with Gasteiger partial charge in [0, 0.05) is 26.6 Å². The first-order valence-corrected chi connectivity index (χ1v) is 8.50. The Hall–Kier alpha value is -2.24. The molecular formula is C18H24N2O4. The summed E-state index contributed by atoms with van der Waals surface area (Å²) >= 11 is 0. The number of rotatable bonds is 3. The summed E-state index contributed by atoms with van der Waals surface area (Å²) in [6, 6.07) is 7.34. The molecule has 2 aliphatic rings. The van der Waals surface area contributed by atoms with E-state index >= 15 is 0 Å². The van der Waals surface area contributed by atoms with Gasteiger partial charge < -0.3 is 19.3 Å². The van der Waals surface area contributed by atoms with Crippen LogP contribution in [0, 0.1) is 0 Å². The van der Waals surface area contributed by atoms with Crippen LogP contribution >= 0.6 is 0 Å². The highest BCUT2D eigenvalue weighted by Gasteiger charge is 2.44. The minimum Gasteiger partial charge on any atom is -0.493 e. The molecule has 2 fully saturated rings. The summed E-state index contributed by atoms with van der Waals surface area (Å²) in [5.74, 6) is 0.602. The van der Waals surface area contributed by atoms with Gasteiger partial charge in [0.15, 0.2) is 0 Å². The van der Waals surface area contributed by atoms with Gasteiger partial charge in [-0.2, -0.15) is 0 Å². The van der Waals surface area contributed by atoms with Crippen molar-refractivity contribution >= 4 is 12.0 Å². The molecule has 130 valence electrons. The van der Waals surface area contributed by atoms with Crippen LogP contribution in [0.5, 0.6) is 5.75 Å². The maximum Gasteiger partial charge on any atom is 0.410 e. The monoisotopic (exact) mass is 332 g/mol. The van der Waals surface area contributed by atoms with Crippen LogP contribution < -0.4 is 4.74 Å². The normalized spacial score (nSPS) is 24.0. The molecule has 0 bridgehead atoms. The number of benzene rings is 1. The van der Waals surface area contributed by atoms with Crippen LogP contribution in [0.15, 0.2) is 24.3 Å². The molecule has 2 aliphatic heterocycles. The fourth-order valence-corrected chi connectivity index (χ4v) is 3.52. The molecule has 0 radical (unpaired) electrons. The molecule has 0 aromatic heterocycles. The van der Waals surface area contributed by atoms with Crippen molar-refractivity contribution in [3.05, 3.63) is 29.8 Å². The lowest BCUT2D eigenvalue weighted by Gasteiger charge is -2.25. The summed E-state index contributed by atoms with van der Waals surface area (Å²) in [6.07, 6.45) is 2.02. The first-order valence-electron chi connectivity index (χ1n) is 8.50. The number of ether oxygens (including phenoxy) is 2. The Morgan fingerprint density at radius 3 is 2.79 bits per heavy atom. The zero-order valence-corrected chi connectivity index (χ0v) is 14.3. The average Bonchev–Trinajstić information content (AvgIpc) is 2.73. The van der Waals surface area contributed by atoms with Crippen LogP contribution in [0.1, 0.15) is 36.5 Å². The minimum atomic E-state index is -0.444. The van der Waals surface area contributed by atoms with Gasteiger partial charge in [-0.3, -0.25) is 4.79 Å². The molecule has 1 spiro atoms. The van der Waals surface area contributed by atoms with Gasteiger partial charge in [0.1, 0.15) is 11.4 Å². The molecule has 2 saturated heterocycles. The second kappa shape index (κ2) is 6.71. The van der Waals surface area contributed by atoms with Crippen molar-refractivity contribution in [2.75, 3.05) is 33.3 Å². The highest BCUT2D eigenvalue weighted by atomic mass is 16.6. The van der Waals surface area contributed by atoms with E-state index in [9.17, 15) is 9.59 Å². The van der Waals surface area contributed by atoms with Crippen LogP contribution in [-0.2, 0) is 4.74 Å². The molecule has 6 heteroatoms. The van der Waals surface area contributed by atoms with Crippen molar-refractivity contribution in [1.82, 2.24) is 9.80 Å². The number of nitrogens with zero attached hydrogens (tertiary/aromatic N) is 2. The second-order valence-electron chi connectivity index (χ2n) is 6.48. The SMILES string of the molecule is CCOc1ccccc1C(=O)N1CCC[C@@]2(CC1)CN(C)C(=O)O2. The molecule has 1 aromatic carbocycles. The van der Waals surface area contributed by atoms with Gasteiger partial charge in [-0.15, -0.1) is 0 Å². The van der Waals surface area contributed by atoms with Gasteiger partial charge in [0.25, 0.3) is 5.91 Å². The van der Waals surface area contributed by atoms with Crippen molar-refractivity contribution in [1.29, 1.82) is 0 Å². The quantitative estimate of drug-likeness (QED) is 0.853. The Morgan fingerprint density at radius 2 is 2.08 bits per heavy atom. The van der Waals surface area contributed by atoms with Gasteiger partial charge in [0.05, 0.1) is 18.7 Å². The number of para-hydroxylation sites is 1. The van der Waals surface area contributed by atoms with E-state index < -0.39 is 5.60 Å². The predicted molar refractivity (Wildman–Crippen MR) is 89.2 cm³/mol. The third-order valence-corrected chi connectivity index (χ3v) is 4.74. The zero-order valence-electron chi connectivity index (χ0n) is 14.3. The molecular weight excluding hydrogens is 308 g/mol. The molecule has 0 N–H and O–H groups in total. The maximum absolute atomic E-state index is 12.9. The first-order chi connectivity index (χ1) is 11.5. The Balaban J connectivity index is 1.73. The Labute approximate surface area is 142 Å². The van der Waals surface area contributed by atoms with Crippen LogP contribution in [0.4, 0.5) is 4.79 Å². The van der Waals surface area contributed by atoms with Gasteiger partial charge in [-0.25, -0.2) is 4.79 Å². The predicted octanol–water partition coefficient (Wildman–Crippen LogP) is 2.53. The van der Waals surface area contributed by atoms with Gasteiger partial charge in [-0.05, 0) is 31.9 Å². The molecule has 0 aliphatic carbocycles. The Kier molecular flexibility index (Phi) is 4.64. The van der Waals surface area contributed by atoms with Crippen LogP contribution in [0.2, 0.25) is 0 Å². The van der Waals surface area contributed by atoms with E-state index in [4.69, 9.17) is 9.47 Å². The van der Waals surface area contributed by atoms with Crippen molar-refractivity contribution in [2.45, 2.75) is 31.8 Å². The standard InChI is InChI=1S/C18H24N2O4/c1-3-23-15-8-5-4-7-14(15)16(21)20-11-6-9-18(10-12-20)13-19(2)17(22)24-18/h4-5,7-8H,3,6,9-13H2,1-2H3/t18-/m1/s1. The molecule has 0 saturated carbocycles. The summed E-state index contributed by atoms with van der Waals surface area (Å²) in [6.45, 7) is 4.28. The second-order valence-corrected chi connectivity index (χ2v) is 6.48. The fourth-order valence-electron chi connectivity index (χ4n) is 3.52. The van der Waals surface area contributed by atoms with Gasteiger partial charge in [0.2, 0.25) is 0 Å². The molecule has 1 aromatic rings. The van der Waals surface area contributed by atoms with E-state index in [2.05, 4.69) is 0 Å². The zero-order chi connectivity index (χ0) is 17.2. The first kappa shape index (κ1) is 16.6. The van der Waals surface area contributed by atoms with E-state index in [1.54, 1.807) is 18.0 Å². The molecule has 1 atom stereocenters. The van der Waals surface area contributed by atoms with Crippen LogP contribution in [0.3, 0.4) is 0 Å². The van der Waals surface area contributed by atoms with Crippen LogP contribution in [0.25, 0.3) is 0 Å². The maximum atomic E-state index is 12.9. The molecule has 2 heterocycles. The number of amides is 2. The number of hydrogen-bond acceptors (Lipinski definition) is 4. The van der Waals surface area contributed by atoms with E-state index in [1.165, 1.54) is 0 Å². The molecule has 0 unspecified atom stereocenters. The van der Waals surface area contributed by atoms with Crippen molar-refractivity contribution in [3.63, 3.8) is 0 Å². The summed E-state index contributed by atoms with van der Waals surface area (Å²) in [5, 5.41) is 0. The lowest BCUT2D eigenvalue weighted by molar-refractivity contribution is 0.0438. The highest BCUT2D eigenvalue weighted by molar-refractivity contribution is 5.97. The topological polar surface area (TPSA) is 59.1 Å². The van der Waals surface area contributed by atoms with Crippen LogP contribution in [-0.4, -0.2) is 60.7 Å². The molecule has 6 nitrogen and oxygen atoms in total. The summed E-state index contributed by atoms with van der Waals surface area (Å²) in [7, 11) is 1.75. The summed E-state index contributed by atoms with van der Waals surface area (Å²) in [5.41, 5.74) is 0.149. The van der Waals surface area contributed by atoms with E-state index in [1.807, 2.05) is 30.0 Å². The third-order valence-electron chi connectivity index (χ3n) is 4.74. The summed E-state index contributed by atoms with van der Waals surface area (Å²) < 4.78 is 11.2. The molecule has 24 heavy (non-hydrogen) atoms. The van der Waals surface area contributed by atoms with E-state index in [0.717, 1.165) is 12.8 Å². The Morgan fingerprint density at radius 1 is 1.29 bits per heavy atom. The van der Waals surface area contributed by atoms with E-state index in [0.29, 0.717) is 44.0 Å². The van der Waals surface area contributed by atoms with Gasteiger partial charge >= 0.3 is 6.09 Å². The largest absolute Gasteiger partial charge is 0.493 e. The average molecular weight is 332 g/mol. The lowest BCUT2D eigenvalue weighted by atomic mass is 9.95. The fraction of sp³-hybridized carbons (Fsp3) is 0.556. The highest BCUT2D eigenvalue weighted by Crippen LogP contribution is 2.33. The van der Waals surface area contributed by atoms with E-state index in [-0.39, 0.29) is 12.0 Å². The number of likely N-dealkylation sites (N-methyl/N-ethyl adjacent to an activating group) is 1. The number of carbonyl (C=O) groups excluding carboxylic acids is 2. The molecule has 2 amide bonds. The van der Waals surface area contributed by atoms with Gasteiger partial charge in [-0.1, -0.05) is 12.1 Å². The minimum absolute atomic E-state index is 0.0196. The van der Waals surface area contributed by atoms with Crippen molar-refractivity contribution < 1.29 is 19.1 Å². The number of hydrogen-bond donors (Lipinski definition) is 0.